The van der Waals surface area contributed by atoms with Gasteiger partial charge in [-0.25, -0.2) is 0 Å². The highest BCUT2D eigenvalue weighted by Crippen LogP contribution is 2.13. The zero-order chi connectivity index (χ0) is 32.7. The van der Waals surface area contributed by atoms with Crippen molar-refractivity contribution in [2.45, 2.75) is 174 Å². The number of unbranched alkanes of at least 4 members (excludes halogenated alkanes) is 16. The minimum atomic E-state index is -0.541. The van der Waals surface area contributed by atoms with E-state index >= 15 is 0 Å². The standard InChI is InChI=1S/C41H72O4/c1-3-5-7-9-11-13-15-16-17-18-19-20-21-22-23-24-25-27-29-31-33-35-37-44-39-40(38-42)45-41(43)36-34-32-30-28-26-14-12-10-8-6-4-2/h5,7,11,13,16-17,19-20,22-23,40,42H,3-4,6,8-10,12,14-15,18,21,24-39H2,1-2H3/b7-5-,13-11-,17-16-,20-19-,23-22-. The molecule has 0 bridgehead atoms. The number of hydrogen-bond acceptors (Lipinski definition) is 4. The average Bonchev–Trinajstić information content (AvgIpc) is 3.05. The van der Waals surface area contributed by atoms with Gasteiger partial charge in [0.15, 0.2) is 0 Å². The van der Waals surface area contributed by atoms with E-state index in [-0.39, 0.29) is 19.2 Å². The Balaban J connectivity index is 3.50. The van der Waals surface area contributed by atoms with Crippen molar-refractivity contribution in [1.29, 1.82) is 0 Å². The van der Waals surface area contributed by atoms with Crippen LogP contribution in [0.1, 0.15) is 168 Å². The van der Waals surface area contributed by atoms with E-state index in [0.717, 1.165) is 64.2 Å². The number of ether oxygens (including phenoxy) is 2. The topological polar surface area (TPSA) is 55.8 Å². The fourth-order valence-corrected chi connectivity index (χ4v) is 5.06. The highest BCUT2D eigenvalue weighted by atomic mass is 16.6. The van der Waals surface area contributed by atoms with Gasteiger partial charge in [0.25, 0.3) is 0 Å². The van der Waals surface area contributed by atoms with Crippen LogP contribution >= 0.6 is 0 Å². The summed E-state index contributed by atoms with van der Waals surface area (Å²) in [6.07, 6.45) is 49.8. The van der Waals surface area contributed by atoms with Crippen LogP contribution in [0.3, 0.4) is 0 Å². The molecule has 45 heavy (non-hydrogen) atoms. The molecule has 0 radical (unpaired) electrons. The lowest BCUT2D eigenvalue weighted by molar-refractivity contribution is -0.154. The summed E-state index contributed by atoms with van der Waals surface area (Å²) in [7, 11) is 0. The Morgan fingerprint density at radius 3 is 1.51 bits per heavy atom. The van der Waals surface area contributed by atoms with Gasteiger partial charge in [-0.15, -0.1) is 0 Å². The molecule has 0 fully saturated rings. The van der Waals surface area contributed by atoms with Gasteiger partial charge in [-0.1, -0.05) is 164 Å². The maximum absolute atomic E-state index is 12.1. The molecule has 4 heteroatoms. The van der Waals surface area contributed by atoms with Crippen LogP contribution in [-0.4, -0.2) is 37.0 Å². The monoisotopic (exact) mass is 629 g/mol. The lowest BCUT2D eigenvalue weighted by atomic mass is 10.1. The fraction of sp³-hybridized carbons (Fsp3) is 0.732. The minimum Gasteiger partial charge on any atom is -0.457 e. The highest BCUT2D eigenvalue weighted by Gasteiger charge is 2.13. The van der Waals surface area contributed by atoms with E-state index in [1.807, 2.05) is 0 Å². The molecule has 0 saturated carbocycles. The molecule has 0 aromatic heterocycles. The summed E-state index contributed by atoms with van der Waals surface area (Å²) in [4.78, 5) is 12.1. The zero-order valence-corrected chi connectivity index (χ0v) is 29.6. The number of carbonyl (C=O) groups is 1. The molecule has 260 valence electrons. The number of hydrogen-bond donors (Lipinski definition) is 1. The first-order chi connectivity index (χ1) is 22.2. The lowest BCUT2D eigenvalue weighted by Crippen LogP contribution is -2.27. The molecule has 1 N–H and O–H groups in total. The molecule has 0 aromatic rings. The van der Waals surface area contributed by atoms with Gasteiger partial charge in [0, 0.05) is 13.0 Å². The van der Waals surface area contributed by atoms with E-state index < -0.39 is 6.10 Å². The first kappa shape index (κ1) is 43.1. The van der Waals surface area contributed by atoms with Gasteiger partial charge in [-0.2, -0.15) is 0 Å². The van der Waals surface area contributed by atoms with Crippen LogP contribution in [0, 0.1) is 0 Å². The van der Waals surface area contributed by atoms with Crippen LogP contribution in [0.5, 0.6) is 0 Å². The first-order valence-corrected chi connectivity index (χ1v) is 18.9. The molecule has 0 heterocycles. The van der Waals surface area contributed by atoms with Crippen molar-refractivity contribution in [2.75, 3.05) is 19.8 Å². The predicted molar refractivity (Wildman–Crippen MR) is 196 cm³/mol. The Morgan fingerprint density at radius 2 is 1.00 bits per heavy atom. The van der Waals surface area contributed by atoms with Crippen LogP contribution in [0.25, 0.3) is 0 Å². The molecule has 0 aliphatic rings. The van der Waals surface area contributed by atoms with Crippen molar-refractivity contribution in [1.82, 2.24) is 0 Å². The normalized spacial score (nSPS) is 13.0. The van der Waals surface area contributed by atoms with Gasteiger partial charge < -0.3 is 14.6 Å². The van der Waals surface area contributed by atoms with E-state index in [2.05, 4.69) is 74.6 Å². The highest BCUT2D eigenvalue weighted by molar-refractivity contribution is 5.69. The molecule has 0 rings (SSSR count). The number of aliphatic hydroxyl groups is 1. The molecular weight excluding hydrogens is 556 g/mol. The second-order valence-corrected chi connectivity index (χ2v) is 12.3. The molecule has 0 spiro atoms. The number of allylic oxidation sites excluding steroid dienone is 10. The van der Waals surface area contributed by atoms with Crippen molar-refractivity contribution in [3.05, 3.63) is 60.8 Å². The number of esters is 1. The van der Waals surface area contributed by atoms with Gasteiger partial charge in [-0.3, -0.25) is 4.79 Å². The summed E-state index contributed by atoms with van der Waals surface area (Å²) in [6.45, 7) is 5.19. The van der Waals surface area contributed by atoms with Crippen LogP contribution in [0.4, 0.5) is 0 Å². The molecule has 1 atom stereocenters. The number of aliphatic hydroxyl groups excluding tert-OH is 1. The third-order valence-electron chi connectivity index (χ3n) is 7.86. The summed E-state index contributed by atoms with van der Waals surface area (Å²) in [5.74, 6) is -0.210. The van der Waals surface area contributed by atoms with E-state index in [0.29, 0.717) is 13.0 Å². The Hall–Kier alpha value is -1.91. The minimum absolute atomic E-state index is 0.179. The van der Waals surface area contributed by atoms with Crippen molar-refractivity contribution in [3.63, 3.8) is 0 Å². The average molecular weight is 629 g/mol. The summed E-state index contributed by atoms with van der Waals surface area (Å²) < 4.78 is 11.1. The summed E-state index contributed by atoms with van der Waals surface area (Å²) in [6, 6.07) is 0. The Labute approximate surface area is 279 Å². The first-order valence-electron chi connectivity index (χ1n) is 18.9. The largest absolute Gasteiger partial charge is 0.457 e. The van der Waals surface area contributed by atoms with Crippen molar-refractivity contribution >= 4 is 5.97 Å². The van der Waals surface area contributed by atoms with Gasteiger partial charge in [0.1, 0.15) is 6.10 Å². The molecule has 0 aliphatic heterocycles. The van der Waals surface area contributed by atoms with Gasteiger partial charge in [0.05, 0.1) is 13.2 Å². The second kappa shape index (κ2) is 38.3. The van der Waals surface area contributed by atoms with Crippen molar-refractivity contribution in [2.24, 2.45) is 0 Å². The van der Waals surface area contributed by atoms with Gasteiger partial charge in [0.2, 0.25) is 0 Å². The summed E-state index contributed by atoms with van der Waals surface area (Å²) in [5.41, 5.74) is 0. The van der Waals surface area contributed by atoms with Gasteiger partial charge in [-0.05, 0) is 57.8 Å². The van der Waals surface area contributed by atoms with Crippen LogP contribution < -0.4 is 0 Å². The quantitative estimate of drug-likeness (QED) is 0.0437. The summed E-state index contributed by atoms with van der Waals surface area (Å²) in [5, 5.41) is 9.55. The molecular formula is C41H72O4. The summed E-state index contributed by atoms with van der Waals surface area (Å²) >= 11 is 0. The van der Waals surface area contributed by atoms with E-state index in [4.69, 9.17) is 9.47 Å². The maximum Gasteiger partial charge on any atom is 0.306 e. The SMILES string of the molecule is CC/C=C\C/C=C\C/C=C\C/C=C\C/C=C\CCCCCCCCOCC(CO)OC(=O)CCCCCCCCCCCCC. The zero-order valence-electron chi connectivity index (χ0n) is 29.6. The van der Waals surface area contributed by atoms with E-state index in [1.54, 1.807) is 0 Å². The molecule has 0 saturated heterocycles. The van der Waals surface area contributed by atoms with Crippen molar-refractivity contribution in [3.8, 4) is 0 Å². The van der Waals surface area contributed by atoms with Crippen LogP contribution in [0.2, 0.25) is 0 Å². The third kappa shape index (κ3) is 36.4. The van der Waals surface area contributed by atoms with Crippen LogP contribution in [-0.2, 0) is 14.3 Å². The smallest absolute Gasteiger partial charge is 0.306 e. The molecule has 0 aliphatic carbocycles. The fourth-order valence-electron chi connectivity index (χ4n) is 5.06. The van der Waals surface area contributed by atoms with E-state index in [9.17, 15) is 9.90 Å². The van der Waals surface area contributed by atoms with Gasteiger partial charge >= 0.3 is 5.97 Å². The molecule has 1 unspecified atom stereocenters. The Kier molecular flexibility index (Phi) is 36.6. The number of rotatable bonds is 34. The second-order valence-electron chi connectivity index (χ2n) is 12.3. The maximum atomic E-state index is 12.1. The van der Waals surface area contributed by atoms with E-state index in [1.165, 1.54) is 83.5 Å². The Morgan fingerprint density at radius 1 is 0.556 bits per heavy atom. The molecule has 0 aromatic carbocycles. The molecule has 4 nitrogen and oxygen atoms in total. The predicted octanol–water partition coefficient (Wildman–Crippen LogP) is 12.1. The lowest BCUT2D eigenvalue weighted by Gasteiger charge is -2.15. The van der Waals surface area contributed by atoms with Crippen molar-refractivity contribution < 1.29 is 19.4 Å². The number of carbonyl (C=O) groups excluding carboxylic acids is 1. The molecule has 0 amide bonds. The third-order valence-corrected chi connectivity index (χ3v) is 7.86. The van der Waals surface area contributed by atoms with Crippen LogP contribution in [0.15, 0.2) is 60.8 Å². The Bertz CT molecular complexity index is 749.